The maximum atomic E-state index is 12.3. The third-order valence-electron chi connectivity index (χ3n) is 3.70. The summed E-state index contributed by atoms with van der Waals surface area (Å²) in [6.07, 6.45) is 4.57. The van der Waals surface area contributed by atoms with Crippen molar-refractivity contribution in [2.24, 2.45) is 0 Å². The van der Waals surface area contributed by atoms with Crippen molar-refractivity contribution in [1.82, 2.24) is 9.88 Å². The largest absolute Gasteiger partial charge is 0.451 e. The van der Waals surface area contributed by atoms with E-state index < -0.39 is 5.97 Å². The average molecular weight is 401 g/mol. The molecule has 0 unspecified atom stereocenters. The SMILES string of the molecule is O=C(COC(=O)c1sccc1-n1cccc1)NCCCSc1ccccc1. The Morgan fingerprint density at radius 2 is 1.85 bits per heavy atom. The normalized spacial score (nSPS) is 10.5. The highest BCUT2D eigenvalue weighted by Gasteiger charge is 2.17. The molecular formula is C20H20N2O3S2. The molecule has 0 atom stereocenters. The molecule has 0 aliphatic heterocycles. The number of nitrogens with zero attached hydrogens (tertiary/aromatic N) is 1. The first-order valence-electron chi connectivity index (χ1n) is 8.56. The molecule has 0 bridgehead atoms. The van der Waals surface area contributed by atoms with Gasteiger partial charge in [-0.05, 0) is 47.9 Å². The lowest BCUT2D eigenvalue weighted by atomic mass is 10.4. The summed E-state index contributed by atoms with van der Waals surface area (Å²) in [6.45, 7) is 0.289. The third-order valence-corrected chi connectivity index (χ3v) is 5.68. The first-order chi connectivity index (χ1) is 13.2. The Bertz CT molecular complexity index is 861. The number of aromatic nitrogens is 1. The van der Waals surface area contributed by atoms with Crippen molar-refractivity contribution < 1.29 is 14.3 Å². The number of carbonyl (C=O) groups excluding carboxylic acids is 2. The van der Waals surface area contributed by atoms with E-state index in [1.54, 1.807) is 11.8 Å². The minimum atomic E-state index is -0.483. The van der Waals surface area contributed by atoms with E-state index in [1.165, 1.54) is 16.2 Å². The Morgan fingerprint density at radius 3 is 2.63 bits per heavy atom. The number of ether oxygens (including phenoxy) is 1. The van der Waals surface area contributed by atoms with Gasteiger partial charge in [0, 0.05) is 23.8 Å². The molecule has 1 amide bonds. The van der Waals surface area contributed by atoms with E-state index >= 15 is 0 Å². The zero-order valence-corrected chi connectivity index (χ0v) is 16.3. The summed E-state index contributed by atoms with van der Waals surface area (Å²) in [7, 11) is 0. The molecule has 0 aliphatic carbocycles. The Labute approximate surface area is 166 Å². The molecule has 2 aromatic heterocycles. The predicted octanol–water partition coefficient (Wildman–Crippen LogP) is 3.99. The lowest BCUT2D eigenvalue weighted by Crippen LogP contribution is -2.29. The second-order valence-electron chi connectivity index (χ2n) is 5.67. The highest BCUT2D eigenvalue weighted by atomic mass is 32.2. The lowest BCUT2D eigenvalue weighted by Gasteiger charge is -2.07. The maximum absolute atomic E-state index is 12.3. The van der Waals surface area contributed by atoms with Crippen molar-refractivity contribution in [3.63, 3.8) is 0 Å². The van der Waals surface area contributed by atoms with Gasteiger partial charge in [0.15, 0.2) is 6.61 Å². The van der Waals surface area contributed by atoms with Crippen LogP contribution in [0, 0.1) is 0 Å². The molecule has 7 heteroatoms. The second-order valence-corrected chi connectivity index (χ2v) is 7.75. The van der Waals surface area contributed by atoms with Gasteiger partial charge < -0.3 is 14.6 Å². The number of nitrogens with one attached hydrogen (secondary N) is 1. The fraction of sp³-hybridized carbons (Fsp3) is 0.200. The zero-order chi connectivity index (χ0) is 18.9. The summed E-state index contributed by atoms with van der Waals surface area (Å²) >= 11 is 3.05. The molecule has 5 nitrogen and oxygen atoms in total. The van der Waals surface area contributed by atoms with E-state index in [1.807, 2.05) is 58.7 Å². The van der Waals surface area contributed by atoms with Gasteiger partial charge in [-0.25, -0.2) is 4.79 Å². The Hall–Kier alpha value is -2.51. The number of benzene rings is 1. The van der Waals surface area contributed by atoms with E-state index in [9.17, 15) is 9.59 Å². The number of esters is 1. The summed E-state index contributed by atoms with van der Waals surface area (Å²) in [5.74, 6) is 0.148. The molecule has 140 valence electrons. The van der Waals surface area contributed by atoms with Gasteiger partial charge >= 0.3 is 5.97 Å². The molecule has 2 heterocycles. The highest BCUT2D eigenvalue weighted by molar-refractivity contribution is 7.99. The van der Waals surface area contributed by atoms with E-state index in [0.29, 0.717) is 11.4 Å². The summed E-state index contributed by atoms with van der Waals surface area (Å²) in [4.78, 5) is 25.8. The molecule has 3 rings (SSSR count). The van der Waals surface area contributed by atoms with Gasteiger partial charge in [-0.1, -0.05) is 18.2 Å². The van der Waals surface area contributed by atoms with Crippen LogP contribution < -0.4 is 5.32 Å². The van der Waals surface area contributed by atoms with Gasteiger partial charge in [0.25, 0.3) is 5.91 Å². The summed E-state index contributed by atoms with van der Waals surface area (Å²) < 4.78 is 7.00. The van der Waals surface area contributed by atoms with E-state index in [2.05, 4.69) is 17.4 Å². The van der Waals surface area contributed by atoms with Gasteiger partial charge in [-0.15, -0.1) is 23.1 Å². The van der Waals surface area contributed by atoms with Crippen molar-refractivity contribution in [3.8, 4) is 5.69 Å². The molecule has 0 saturated heterocycles. The highest BCUT2D eigenvalue weighted by Crippen LogP contribution is 2.22. The summed E-state index contributed by atoms with van der Waals surface area (Å²) in [5, 5.41) is 4.61. The molecule has 1 N–H and O–H groups in total. The monoisotopic (exact) mass is 400 g/mol. The van der Waals surface area contributed by atoms with Crippen LogP contribution >= 0.6 is 23.1 Å². The number of thioether (sulfide) groups is 1. The molecule has 27 heavy (non-hydrogen) atoms. The van der Waals surface area contributed by atoms with Crippen LogP contribution in [0.2, 0.25) is 0 Å². The topological polar surface area (TPSA) is 60.3 Å². The number of hydrogen-bond donors (Lipinski definition) is 1. The minimum Gasteiger partial charge on any atom is -0.451 e. The lowest BCUT2D eigenvalue weighted by molar-refractivity contribution is -0.124. The first kappa shape index (κ1) is 19.3. The van der Waals surface area contributed by atoms with Gasteiger partial charge in [-0.2, -0.15) is 0 Å². The van der Waals surface area contributed by atoms with Gasteiger partial charge in [0.05, 0.1) is 5.69 Å². The maximum Gasteiger partial charge on any atom is 0.350 e. The molecule has 0 aliphatic rings. The van der Waals surface area contributed by atoms with Crippen LogP contribution in [0.3, 0.4) is 0 Å². The standard InChI is InChI=1S/C20H20N2O3S2/c23-18(21-10-6-13-26-16-7-2-1-3-8-16)15-25-20(24)19-17(9-14-27-19)22-11-4-5-12-22/h1-5,7-9,11-12,14H,6,10,13,15H2,(H,21,23). The van der Waals surface area contributed by atoms with Crippen molar-refractivity contribution >= 4 is 35.0 Å². The molecule has 0 spiro atoms. The molecule has 0 radical (unpaired) electrons. The fourth-order valence-corrected chi connectivity index (χ4v) is 4.06. The molecule has 0 saturated carbocycles. The smallest absolute Gasteiger partial charge is 0.350 e. The number of carbonyl (C=O) groups is 2. The summed E-state index contributed by atoms with van der Waals surface area (Å²) in [5.41, 5.74) is 0.758. The third kappa shape index (κ3) is 5.74. The van der Waals surface area contributed by atoms with Crippen LogP contribution in [-0.4, -0.2) is 35.3 Å². The number of thiophene rings is 1. The first-order valence-corrected chi connectivity index (χ1v) is 10.4. The van der Waals surface area contributed by atoms with E-state index in [0.717, 1.165) is 17.9 Å². The van der Waals surface area contributed by atoms with Crippen molar-refractivity contribution in [3.05, 3.63) is 71.2 Å². The Balaban J connectivity index is 1.36. The molecule has 1 aromatic carbocycles. The van der Waals surface area contributed by atoms with Crippen LogP contribution in [-0.2, 0) is 9.53 Å². The van der Waals surface area contributed by atoms with Crippen LogP contribution in [0.1, 0.15) is 16.1 Å². The Kier molecular flexibility index (Phi) is 7.12. The molecule has 0 fully saturated rings. The van der Waals surface area contributed by atoms with Crippen LogP contribution in [0.5, 0.6) is 0 Å². The van der Waals surface area contributed by atoms with Crippen LogP contribution in [0.15, 0.2) is 71.2 Å². The average Bonchev–Trinajstić information content (AvgIpc) is 3.38. The van der Waals surface area contributed by atoms with E-state index in [4.69, 9.17) is 4.74 Å². The van der Waals surface area contributed by atoms with Crippen molar-refractivity contribution in [1.29, 1.82) is 0 Å². The minimum absolute atomic E-state index is 0.270. The molecule has 3 aromatic rings. The summed E-state index contributed by atoms with van der Waals surface area (Å²) in [6, 6.07) is 15.8. The van der Waals surface area contributed by atoms with E-state index in [-0.39, 0.29) is 12.5 Å². The quantitative estimate of drug-likeness (QED) is 0.335. The molecular weight excluding hydrogens is 380 g/mol. The van der Waals surface area contributed by atoms with Crippen molar-refractivity contribution in [2.45, 2.75) is 11.3 Å². The van der Waals surface area contributed by atoms with Gasteiger partial charge in [0.1, 0.15) is 4.88 Å². The number of amides is 1. The van der Waals surface area contributed by atoms with Gasteiger partial charge in [-0.3, -0.25) is 4.79 Å². The number of rotatable bonds is 9. The van der Waals surface area contributed by atoms with Crippen molar-refractivity contribution in [2.75, 3.05) is 18.9 Å². The van der Waals surface area contributed by atoms with Crippen LogP contribution in [0.4, 0.5) is 0 Å². The zero-order valence-electron chi connectivity index (χ0n) is 14.7. The Morgan fingerprint density at radius 1 is 1.07 bits per heavy atom. The number of hydrogen-bond acceptors (Lipinski definition) is 5. The van der Waals surface area contributed by atoms with Crippen LogP contribution in [0.25, 0.3) is 5.69 Å². The second kappa shape index (κ2) is 9.99. The predicted molar refractivity (Wildman–Crippen MR) is 109 cm³/mol. The van der Waals surface area contributed by atoms with Gasteiger partial charge in [0.2, 0.25) is 0 Å². The fourth-order valence-electron chi connectivity index (χ4n) is 2.41.